The molecule has 0 unspecified atom stereocenters. The van der Waals surface area contributed by atoms with Crippen molar-refractivity contribution in [1.82, 2.24) is 5.32 Å². The maximum atomic E-state index is 12.8. The second-order valence-electron chi connectivity index (χ2n) is 2.96. The fraction of sp³-hybridized carbons (Fsp3) is 0.200. The van der Waals surface area contributed by atoms with Gasteiger partial charge in [0.15, 0.2) is 0 Å². The van der Waals surface area contributed by atoms with Gasteiger partial charge >= 0.3 is 6.09 Å². The van der Waals surface area contributed by atoms with Crippen LogP contribution in [0.15, 0.2) is 24.3 Å². The fourth-order valence-electron chi connectivity index (χ4n) is 1.25. The summed E-state index contributed by atoms with van der Waals surface area (Å²) in [5.41, 5.74) is 0.435. The second-order valence-corrected chi connectivity index (χ2v) is 2.96. The van der Waals surface area contributed by atoms with E-state index in [0.29, 0.717) is 11.8 Å². The number of amides is 1. The zero-order valence-corrected chi connectivity index (χ0v) is 7.81. The molecule has 0 spiro atoms. The Kier molecular flexibility index (Phi) is 3.79. The molecule has 0 bridgehead atoms. The van der Waals surface area contributed by atoms with Crippen LogP contribution in [0.5, 0.6) is 0 Å². The lowest BCUT2D eigenvalue weighted by atomic mass is 10.0. The SMILES string of the molecule is O=CC[C@H](NC(=O)O)c1cccc(F)c1. The topological polar surface area (TPSA) is 66.4 Å². The highest BCUT2D eigenvalue weighted by molar-refractivity contribution is 5.66. The van der Waals surface area contributed by atoms with Crippen LogP contribution in [0.3, 0.4) is 0 Å². The summed E-state index contributed by atoms with van der Waals surface area (Å²) in [6.07, 6.45) is -0.674. The van der Waals surface area contributed by atoms with Gasteiger partial charge in [-0.3, -0.25) is 0 Å². The maximum Gasteiger partial charge on any atom is 0.405 e. The summed E-state index contributed by atoms with van der Waals surface area (Å²) in [6.45, 7) is 0. The second kappa shape index (κ2) is 5.09. The first kappa shape index (κ1) is 11.2. The van der Waals surface area contributed by atoms with Crippen molar-refractivity contribution in [3.63, 3.8) is 0 Å². The van der Waals surface area contributed by atoms with Gasteiger partial charge in [-0.1, -0.05) is 12.1 Å². The van der Waals surface area contributed by atoms with E-state index in [1.807, 2.05) is 0 Å². The molecule has 1 atom stereocenters. The number of carbonyl (C=O) groups is 2. The van der Waals surface area contributed by atoms with Crippen LogP contribution >= 0.6 is 0 Å². The monoisotopic (exact) mass is 211 g/mol. The van der Waals surface area contributed by atoms with E-state index in [1.54, 1.807) is 6.07 Å². The number of carboxylic acid groups (broad SMARTS) is 1. The highest BCUT2D eigenvalue weighted by atomic mass is 19.1. The van der Waals surface area contributed by atoms with Crippen molar-refractivity contribution in [2.75, 3.05) is 0 Å². The van der Waals surface area contributed by atoms with E-state index in [0.717, 1.165) is 0 Å². The summed E-state index contributed by atoms with van der Waals surface area (Å²) >= 11 is 0. The molecule has 4 nitrogen and oxygen atoms in total. The molecule has 0 saturated heterocycles. The average Bonchev–Trinajstić information content (AvgIpc) is 2.16. The smallest absolute Gasteiger partial charge is 0.405 e. The van der Waals surface area contributed by atoms with E-state index in [1.165, 1.54) is 18.2 Å². The Morgan fingerprint density at radius 3 is 2.87 bits per heavy atom. The van der Waals surface area contributed by atoms with E-state index < -0.39 is 18.0 Å². The number of hydrogen-bond donors (Lipinski definition) is 2. The average molecular weight is 211 g/mol. The molecule has 1 aromatic carbocycles. The van der Waals surface area contributed by atoms with Gasteiger partial charge in [0.05, 0.1) is 6.04 Å². The van der Waals surface area contributed by atoms with Crippen molar-refractivity contribution in [2.24, 2.45) is 0 Å². The van der Waals surface area contributed by atoms with Gasteiger partial charge in [-0.05, 0) is 17.7 Å². The number of benzene rings is 1. The standard InChI is InChI=1S/C10H10FNO3/c11-8-3-1-2-7(6-8)9(4-5-13)12-10(14)15/h1-3,5-6,9,12H,4H2,(H,14,15)/t9-/m0/s1. The number of rotatable bonds is 4. The van der Waals surface area contributed by atoms with E-state index in [4.69, 9.17) is 5.11 Å². The summed E-state index contributed by atoms with van der Waals surface area (Å²) in [5, 5.41) is 10.7. The molecule has 5 heteroatoms. The molecule has 1 amide bonds. The largest absolute Gasteiger partial charge is 0.465 e. The van der Waals surface area contributed by atoms with Crippen LogP contribution < -0.4 is 5.32 Å². The maximum absolute atomic E-state index is 12.8. The molecule has 0 aliphatic rings. The van der Waals surface area contributed by atoms with Crippen molar-refractivity contribution in [2.45, 2.75) is 12.5 Å². The van der Waals surface area contributed by atoms with Gasteiger partial charge in [0, 0.05) is 6.42 Å². The van der Waals surface area contributed by atoms with Crippen LogP contribution in [0.1, 0.15) is 18.0 Å². The van der Waals surface area contributed by atoms with Gasteiger partial charge in [-0.25, -0.2) is 9.18 Å². The summed E-state index contributed by atoms with van der Waals surface area (Å²) in [4.78, 5) is 20.8. The quantitative estimate of drug-likeness (QED) is 0.745. The summed E-state index contributed by atoms with van der Waals surface area (Å²) in [5.74, 6) is -0.462. The zero-order chi connectivity index (χ0) is 11.3. The Labute approximate surface area is 85.7 Å². The molecule has 0 heterocycles. The van der Waals surface area contributed by atoms with Gasteiger partial charge in [0.1, 0.15) is 12.1 Å². The number of aldehydes is 1. The minimum absolute atomic E-state index is 0.0181. The van der Waals surface area contributed by atoms with Crippen molar-refractivity contribution >= 4 is 12.4 Å². The summed E-state index contributed by atoms with van der Waals surface area (Å²) in [7, 11) is 0. The normalized spacial score (nSPS) is 11.8. The first-order valence-corrected chi connectivity index (χ1v) is 4.32. The highest BCUT2D eigenvalue weighted by Gasteiger charge is 2.13. The fourth-order valence-corrected chi connectivity index (χ4v) is 1.25. The van der Waals surface area contributed by atoms with Crippen molar-refractivity contribution in [3.05, 3.63) is 35.6 Å². The molecule has 0 radical (unpaired) electrons. The molecule has 0 saturated carbocycles. The van der Waals surface area contributed by atoms with Crippen LogP contribution in [0.4, 0.5) is 9.18 Å². The van der Waals surface area contributed by atoms with Crippen molar-refractivity contribution in [3.8, 4) is 0 Å². The molecule has 2 N–H and O–H groups in total. The van der Waals surface area contributed by atoms with Crippen molar-refractivity contribution < 1.29 is 19.1 Å². The van der Waals surface area contributed by atoms with Crippen LogP contribution in [-0.2, 0) is 4.79 Å². The minimum atomic E-state index is -1.24. The Morgan fingerprint density at radius 1 is 1.60 bits per heavy atom. The van der Waals surface area contributed by atoms with E-state index in [9.17, 15) is 14.0 Å². The summed E-state index contributed by atoms with van der Waals surface area (Å²) < 4.78 is 12.8. The Morgan fingerprint density at radius 2 is 2.33 bits per heavy atom. The van der Waals surface area contributed by atoms with Gasteiger partial charge < -0.3 is 15.2 Å². The lowest BCUT2D eigenvalue weighted by Crippen LogP contribution is -2.27. The third-order valence-electron chi connectivity index (χ3n) is 1.88. The van der Waals surface area contributed by atoms with Crippen LogP contribution in [0.2, 0.25) is 0 Å². The number of carbonyl (C=O) groups excluding carboxylic acids is 1. The molecule has 15 heavy (non-hydrogen) atoms. The molecular weight excluding hydrogens is 201 g/mol. The third-order valence-corrected chi connectivity index (χ3v) is 1.88. The molecule has 0 aromatic heterocycles. The Bertz CT molecular complexity index is 367. The van der Waals surface area contributed by atoms with Crippen LogP contribution in [0.25, 0.3) is 0 Å². The lowest BCUT2D eigenvalue weighted by molar-refractivity contribution is -0.108. The third kappa shape index (κ3) is 3.38. The molecular formula is C10H10FNO3. The highest BCUT2D eigenvalue weighted by Crippen LogP contribution is 2.16. The number of halogens is 1. The van der Waals surface area contributed by atoms with Gasteiger partial charge in [-0.15, -0.1) is 0 Å². The Hall–Kier alpha value is -1.91. The molecule has 0 fully saturated rings. The van der Waals surface area contributed by atoms with Crippen LogP contribution in [-0.4, -0.2) is 17.5 Å². The van der Waals surface area contributed by atoms with Crippen molar-refractivity contribution in [1.29, 1.82) is 0 Å². The predicted molar refractivity (Wildman–Crippen MR) is 51.0 cm³/mol. The first-order chi connectivity index (χ1) is 7.13. The first-order valence-electron chi connectivity index (χ1n) is 4.32. The number of nitrogens with one attached hydrogen (secondary N) is 1. The number of hydrogen-bond acceptors (Lipinski definition) is 2. The zero-order valence-electron chi connectivity index (χ0n) is 7.81. The molecule has 80 valence electrons. The van der Waals surface area contributed by atoms with E-state index >= 15 is 0 Å². The lowest BCUT2D eigenvalue weighted by Gasteiger charge is -2.14. The molecule has 1 rings (SSSR count). The molecule has 0 aliphatic heterocycles. The van der Waals surface area contributed by atoms with Gasteiger partial charge in [-0.2, -0.15) is 0 Å². The van der Waals surface area contributed by atoms with E-state index in [2.05, 4.69) is 5.32 Å². The molecule has 1 aromatic rings. The van der Waals surface area contributed by atoms with E-state index in [-0.39, 0.29) is 6.42 Å². The van der Waals surface area contributed by atoms with Crippen LogP contribution in [0, 0.1) is 5.82 Å². The Balaban J connectivity index is 2.87. The predicted octanol–water partition coefficient (Wildman–Crippen LogP) is 1.72. The van der Waals surface area contributed by atoms with Gasteiger partial charge in [0.25, 0.3) is 0 Å². The minimum Gasteiger partial charge on any atom is -0.465 e. The van der Waals surface area contributed by atoms with Gasteiger partial charge in [0.2, 0.25) is 0 Å². The summed E-state index contributed by atoms with van der Waals surface area (Å²) in [6, 6.07) is 4.78. The molecule has 0 aliphatic carbocycles.